The van der Waals surface area contributed by atoms with Crippen molar-refractivity contribution < 1.29 is 19.5 Å². The van der Waals surface area contributed by atoms with Gasteiger partial charge in [0.15, 0.2) is 17.4 Å². The minimum Gasteiger partial charge on any atom is -0.507 e. The second-order valence-corrected chi connectivity index (χ2v) is 15.8. The fraction of sp³-hybridized carbons (Fsp3) is 0.526. The summed E-state index contributed by atoms with van der Waals surface area (Å²) in [4.78, 5) is 31.0. The fourth-order valence-corrected chi connectivity index (χ4v) is 9.29. The average Bonchev–Trinajstić information content (AvgIpc) is 3.59. The second-order valence-electron chi connectivity index (χ2n) is 15.8. The summed E-state index contributed by atoms with van der Waals surface area (Å²) in [5.41, 5.74) is 3.93. The number of hydrogen-bond acceptors (Lipinski definition) is 13. The van der Waals surface area contributed by atoms with Crippen LogP contribution >= 0.6 is 0 Å². The van der Waals surface area contributed by atoms with Crippen LogP contribution in [0.5, 0.6) is 5.75 Å². The molecule has 3 aromatic heterocycles. The van der Waals surface area contributed by atoms with Crippen LogP contribution in [0.2, 0.25) is 0 Å². The highest BCUT2D eigenvalue weighted by molar-refractivity contribution is 5.77. The van der Waals surface area contributed by atoms with E-state index in [1.807, 2.05) is 50.5 Å². The van der Waals surface area contributed by atoms with Gasteiger partial charge in [0.1, 0.15) is 11.7 Å². The topological polar surface area (TPSA) is 160 Å². The Bertz CT molecular complexity index is 1930. The molecule has 1 spiro atoms. The van der Waals surface area contributed by atoms with E-state index in [-0.39, 0.29) is 17.7 Å². The Morgan fingerprint density at radius 1 is 0.981 bits per heavy atom. The first-order chi connectivity index (χ1) is 25.2. The van der Waals surface area contributed by atoms with E-state index in [4.69, 9.17) is 14.5 Å². The van der Waals surface area contributed by atoms with Gasteiger partial charge < -0.3 is 39.7 Å². The zero-order chi connectivity index (χ0) is 35.6. The number of nitrogens with zero attached hydrogens (tertiary/aromatic N) is 9. The molecule has 5 aliphatic rings. The summed E-state index contributed by atoms with van der Waals surface area (Å²) in [6.07, 6.45) is 8.76. The van der Waals surface area contributed by atoms with Crippen LogP contribution in [0.4, 0.5) is 23.3 Å². The second kappa shape index (κ2) is 12.9. The van der Waals surface area contributed by atoms with Gasteiger partial charge in [0, 0.05) is 74.7 Å². The predicted octanol–water partition coefficient (Wildman–Crippen LogP) is 4.42. The van der Waals surface area contributed by atoms with E-state index in [1.165, 1.54) is 18.4 Å². The van der Waals surface area contributed by atoms with Crippen molar-refractivity contribution in [1.29, 1.82) is 0 Å². The first-order valence-corrected chi connectivity index (χ1v) is 18.7. The SMILES string of the molecule is CC(C)C(C(=O)O)c1cc(N2CC3(CC(N4CCC(c5cnc(N6CCN7c8cc(-c9ccccc9O)nnc8NC[C@H]7C6)nc5)CC4)C3)C2)no1. The number of aliphatic carboxylic acids is 1. The van der Waals surface area contributed by atoms with Gasteiger partial charge in [-0.05, 0) is 74.4 Å². The van der Waals surface area contributed by atoms with E-state index < -0.39 is 11.9 Å². The maximum absolute atomic E-state index is 11.7. The smallest absolute Gasteiger partial charge is 0.314 e. The molecule has 4 aliphatic heterocycles. The van der Waals surface area contributed by atoms with Crippen LogP contribution in [-0.4, -0.2) is 111 Å². The number of aromatic nitrogens is 5. The van der Waals surface area contributed by atoms with E-state index >= 15 is 0 Å². The third-order valence-corrected chi connectivity index (χ3v) is 12.2. The van der Waals surface area contributed by atoms with E-state index in [0.29, 0.717) is 34.4 Å². The minimum atomic E-state index is -0.870. The number of likely N-dealkylation sites (tertiary alicyclic amines) is 1. The summed E-state index contributed by atoms with van der Waals surface area (Å²) in [5.74, 6) is 1.85. The standard InChI is InChI=1S/C38H46N10O4/c1-23(2)34(36(50)51)32-14-33(44-52-32)47-21-38(22-47)15-26(16-38)45-9-7-24(8-10-45)25-17-40-37(41-18-25)46-11-12-48-27(20-46)19-39-35-30(48)13-29(42-43-35)28-5-3-4-6-31(28)49/h3-6,13-14,17-18,23-24,26-27,34,49H,7-12,15-16,19-22H2,1-2H3,(H,39,43)(H,50,51)/t27-,34?/m0/s1. The number of rotatable bonds is 8. The normalized spacial score (nSPS) is 22.4. The van der Waals surface area contributed by atoms with Crippen molar-refractivity contribution in [3.05, 3.63) is 60.1 Å². The summed E-state index contributed by atoms with van der Waals surface area (Å²) >= 11 is 0. The maximum atomic E-state index is 11.7. The van der Waals surface area contributed by atoms with Gasteiger partial charge in [-0.25, -0.2) is 9.97 Å². The molecule has 2 atom stereocenters. The molecule has 52 heavy (non-hydrogen) atoms. The molecule has 0 bridgehead atoms. The number of carboxylic acid groups (broad SMARTS) is 1. The first-order valence-electron chi connectivity index (χ1n) is 18.7. The van der Waals surface area contributed by atoms with Crippen molar-refractivity contribution in [1.82, 2.24) is 30.2 Å². The fourth-order valence-electron chi connectivity index (χ4n) is 9.29. The summed E-state index contributed by atoms with van der Waals surface area (Å²) in [6.45, 7) is 11.1. The molecule has 4 aromatic rings. The molecule has 14 heteroatoms. The largest absolute Gasteiger partial charge is 0.507 e. The number of piperidine rings is 1. The van der Waals surface area contributed by atoms with Gasteiger partial charge in [-0.3, -0.25) is 4.79 Å². The number of nitrogens with one attached hydrogen (secondary N) is 1. The molecule has 4 fully saturated rings. The number of para-hydroxylation sites is 1. The lowest BCUT2D eigenvalue weighted by atomic mass is 9.60. The first kappa shape index (κ1) is 32.9. The molecule has 1 saturated carbocycles. The van der Waals surface area contributed by atoms with Gasteiger partial charge in [-0.15, -0.1) is 10.2 Å². The maximum Gasteiger partial charge on any atom is 0.314 e. The number of benzene rings is 1. The van der Waals surface area contributed by atoms with E-state index in [9.17, 15) is 15.0 Å². The molecule has 0 radical (unpaired) electrons. The molecular weight excluding hydrogens is 660 g/mol. The highest BCUT2D eigenvalue weighted by atomic mass is 16.5. The lowest BCUT2D eigenvalue weighted by Gasteiger charge is -2.61. The number of fused-ring (bicyclic) bond motifs is 3. The van der Waals surface area contributed by atoms with Crippen LogP contribution in [0.15, 0.2) is 53.3 Å². The quantitative estimate of drug-likeness (QED) is 0.236. The summed E-state index contributed by atoms with van der Waals surface area (Å²) in [7, 11) is 0. The van der Waals surface area contributed by atoms with Crippen molar-refractivity contribution >= 4 is 29.2 Å². The molecule has 3 saturated heterocycles. The van der Waals surface area contributed by atoms with Crippen LogP contribution in [0.1, 0.15) is 62.7 Å². The molecule has 1 aliphatic carbocycles. The molecule has 1 aromatic carbocycles. The van der Waals surface area contributed by atoms with Crippen molar-refractivity contribution in [3.8, 4) is 17.0 Å². The minimum absolute atomic E-state index is 0.0595. The Morgan fingerprint density at radius 2 is 1.75 bits per heavy atom. The molecule has 272 valence electrons. The third kappa shape index (κ3) is 5.86. The molecule has 3 N–H and O–H groups in total. The van der Waals surface area contributed by atoms with Gasteiger partial charge in [-0.2, -0.15) is 0 Å². The number of anilines is 4. The van der Waals surface area contributed by atoms with Crippen molar-refractivity contribution in [2.24, 2.45) is 11.3 Å². The molecular formula is C38H46N10O4. The summed E-state index contributed by atoms with van der Waals surface area (Å²) in [6, 6.07) is 12.0. The lowest BCUT2D eigenvalue weighted by Crippen LogP contribution is -2.67. The molecule has 0 amide bonds. The number of phenolic OH excluding ortho intramolecular Hbond substituents is 1. The Labute approximate surface area is 302 Å². The molecule has 1 unspecified atom stereocenters. The van der Waals surface area contributed by atoms with Gasteiger partial charge in [-0.1, -0.05) is 31.1 Å². The van der Waals surface area contributed by atoms with E-state index in [1.54, 1.807) is 12.1 Å². The molecule has 14 nitrogen and oxygen atoms in total. The monoisotopic (exact) mass is 706 g/mol. The highest BCUT2D eigenvalue weighted by Gasteiger charge is 2.54. The number of piperazine rings is 1. The van der Waals surface area contributed by atoms with E-state index in [0.717, 1.165) is 88.5 Å². The van der Waals surface area contributed by atoms with Crippen molar-refractivity contribution in [2.75, 3.05) is 72.4 Å². The van der Waals surface area contributed by atoms with Crippen LogP contribution in [-0.2, 0) is 4.79 Å². The van der Waals surface area contributed by atoms with Crippen molar-refractivity contribution in [3.63, 3.8) is 0 Å². The molecule has 7 heterocycles. The Kier molecular flexibility index (Phi) is 8.16. The lowest BCUT2D eigenvalue weighted by molar-refractivity contribution is -0.140. The zero-order valence-corrected chi connectivity index (χ0v) is 29.7. The summed E-state index contributed by atoms with van der Waals surface area (Å²) in [5, 5.41) is 36.5. The number of hydrogen-bond donors (Lipinski definition) is 3. The van der Waals surface area contributed by atoms with Gasteiger partial charge in [0.05, 0.1) is 17.4 Å². The van der Waals surface area contributed by atoms with Crippen molar-refractivity contribution in [2.45, 2.75) is 63.5 Å². The Hall–Kier alpha value is -4.98. The predicted molar refractivity (Wildman–Crippen MR) is 196 cm³/mol. The van der Waals surface area contributed by atoms with Crippen LogP contribution in [0, 0.1) is 11.3 Å². The van der Waals surface area contributed by atoms with Gasteiger partial charge in [0.2, 0.25) is 5.95 Å². The highest BCUT2D eigenvalue weighted by Crippen LogP contribution is 2.52. The number of phenols is 1. The number of carboxylic acids is 1. The van der Waals surface area contributed by atoms with E-state index in [2.05, 4.69) is 40.3 Å². The number of aromatic hydroxyl groups is 1. The Balaban J connectivity index is 0.752. The summed E-state index contributed by atoms with van der Waals surface area (Å²) < 4.78 is 5.47. The van der Waals surface area contributed by atoms with Crippen LogP contribution < -0.4 is 20.0 Å². The van der Waals surface area contributed by atoms with Gasteiger partial charge >= 0.3 is 5.97 Å². The van der Waals surface area contributed by atoms with Gasteiger partial charge in [0.25, 0.3) is 0 Å². The average molecular weight is 707 g/mol. The Morgan fingerprint density at radius 3 is 2.48 bits per heavy atom. The third-order valence-electron chi connectivity index (χ3n) is 12.2. The zero-order valence-electron chi connectivity index (χ0n) is 29.7. The number of carbonyl (C=O) groups is 1. The van der Waals surface area contributed by atoms with Crippen LogP contribution in [0.25, 0.3) is 11.3 Å². The van der Waals surface area contributed by atoms with Crippen LogP contribution in [0.3, 0.4) is 0 Å². The molecule has 9 rings (SSSR count).